The normalized spacial score (nSPS) is 11.7. The third-order valence-electron chi connectivity index (χ3n) is 2.11. The molecule has 0 aliphatic carbocycles. The molecule has 0 radical (unpaired) electrons. The Morgan fingerprint density at radius 3 is 3.16 bits per heavy atom. The second-order valence-corrected chi connectivity index (χ2v) is 5.14. The van der Waals surface area contributed by atoms with Crippen molar-refractivity contribution in [2.45, 2.75) is 19.4 Å². The zero-order valence-electron chi connectivity index (χ0n) is 10.4. The first-order valence-corrected chi connectivity index (χ1v) is 6.90. The van der Waals surface area contributed by atoms with Crippen molar-refractivity contribution in [3.05, 3.63) is 26.0 Å². The third kappa shape index (κ3) is 5.44. The van der Waals surface area contributed by atoms with Crippen LogP contribution in [0.5, 0.6) is 0 Å². The van der Waals surface area contributed by atoms with Crippen LogP contribution in [0.2, 0.25) is 4.34 Å². The van der Waals surface area contributed by atoms with Crippen molar-refractivity contribution in [2.24, 2.45) is 5.11 Å². The number of esters is 1. The van der Waals surface area contributed by atoms with E-state index in [1.807, 2.05) is 0 Å². The van der Waals surface area contributed by atoms with Crippen molar-refractivity contribution in [3.63, 3.8) is 0 Å². The lowest BCUT2D eigenvalue weighted by Gasteiger charge is -2.14. The highest BCUT2D eigenvalue weighted by atomic mass is 35.5. The van der Waals surface area contributed by atoms with Crippen LogP contribution >= 0.6 is 22.9 Å². The fraction of sp³-hybridized carbons (Fsp3) is 0.600. The number of rotatable bonds is 8. The fourth-order valence-corrected chi connectivity index (χ4v) is 2.33. The number of hydrogen-bond acceptors (Lipinski definition) is 6. The second kappa shape index (κ2) is 8.71. The molecular weight excluding hydrogens is 290 g/mol. The van der Waals surface area contributed by atoms with Crippen LogP contribution in [0.1, 0.15) is 24.4 Å². The summed E-state index contributed by atoms with van der Waals surface area (Å²) in [7, 11) is 0. The van der Waals surface area contributed by atoms with E-state index in [1.165, 1.54) is 17.5 Å². The third-order valence-corrected chi connectivity index (χ3v) is 3.29. The minimum Gasteiger partial charge on any atom is -0.465 e. The van der Waals surface area contributed by atoms with Crippen LogP contribution in [0.4, 0.5) is 0 Å². The molecule has 1 atom stereocenters. The van der Waals surface area contributed by atoms with E-state index in [0.717, 1.165) is 0 Å². The van der Waals surface area contributed by atoms with Crippen LogP contribution in [0.15, 0.2) is 11.3 Å². The number of halogens is 1. The van der Waals surface area contributed by atoms with Crippen LogP contribution in [0, 0.1) is 0 Å². The SMILES string of the molecule is CCOC(=O)C(NCCCN=[N+]=[N-])c1ncc(Cl)s1. The van der Waals surface area contributed by atoms with Gasteiger partial charge in [0.1, 0.15) is 9.34 Å². The molecule has 1 rings (SSSR count). The molecule has 0 amide bonds. The number of carbonyl (C=O) groups is 1. The van der Waals surface area contributed by atoms with Gasteiger partial charge in [-0.05, 0) is 25.4 Å². The molecule has 0 saturated carbocycles. The number of thiazole rings is 1. The highest BCUT2D eigenvalue weighted by molar-refractivity contribution is 7.16. The summed E-state index contributed by atoms with van der Waals surface area (Å²) >= 11 is 7.04. The quantitative estimate of drug-likeness (QED) is 0.262. The Labute approximate surface area is 119 Å². The van der Waals surface area contributed by atoms with Gasteiger partial charge in [-0.15, -0.1) is 11.3 Å². The van der Waals surface area contributed by atoms with E-state index < -0.39 is 12.0 Å². The van der Waals surface area contributed by atoms with Crippen LogP contribution in [-0.2, 0) is 9.53 Å². The first kappa shape index (κ1) is 15.7. The Kier molecular flexibility index (Phi) is 7.20. The lowest BCUT2D eigenvalue weighted by atomic mass is 10.3. The van der Waals surface area contributed by atoms with Crippen LogP contribution in [0.3, 0.4) is 0 Å². The van der Waals surface area contributed by atoms with E-state index in [2.05, 4.69) is 20.3 Å². The minimum absolute atomic E-state index is 0.300. The predicted molar refractivity (Wildman–Crippen MR) is 73.1 cm³/mol. The molecule has 1 heterocycles. The number of carbonyl (C=O) groups excluding carboxylic acids is 1. The van der Waals surface area contributed by atoms with Crippen molar-refractivity contribution in [3.8, 4) is 0 Å². The van der Waals surface area contributed by atoms with Gasteiger partial charge in [0.15, 0.2) is 6.04 Å². The molecule has 7 nitrogen and oxygen atoms in total. The second-order valence-electron chi connectivity index (χ2n) is 3.45. The molecule has 0 aliphatic rings. The standard InChI is InChI=1S/C10H14ClN5O2S/c1-2-18-10(17)8(9-14-6-7(11)19-9)13-4-3-5-15-16-12/h6,8,13H,2-5H2,1H3. The Morgan fingerprint density at radius 2 is 2.58 bits per heavy atom. The summed E-state index contributed by atoms with van der Waals surface area (Å²) in [5.74, 6) is -0.391. The number of nitrogens with one attached hydrogen (secondary N) is 1. The van der Waals surface area contributed by atoms with Gasteiger partial charge in [0.25, 0.3) is 0 Å². The first-order valence-electron chi connectivity index (χ1n) is 5.71. The summed E-state index contributed by atoms with van der Waals surface area (Å²) in [6.45, 7) is 2.93. The van der Waals surface area contributed by atoms with Crippen molar-refractivity contribution in [1.82, 2.24) is 10.3 Å². The van der Waals surface area contributed by atoms with E-state index in [0.29, 0.717) is 35.5 Å². The molecule has 0 bridgehead atoms. The maximum atomic E-state index is 11.8. The highest BCUT2D eigenvalue weighted by Crippen LogP contribution is 2.24. The van der Waals surface area contributed by atoms with E-state index in [-0.39, 0.29) is 0 Å². The Hall–Kier alpha value is -1.34. The van der Waals surface area contributed by atoms with Gasteiger partial charge in [0, 0.05) is 11.5 Å². The monoisotopic (exact) mass is 303 g/mol. The average molecular weight is 304 g/mol. The highest BCUT2D eigenvalue weighted by Gasteiger charge is 2.24. The molecule has 0 saturated heterocycles. The number of azide groups is 1. The van der Waals surface area contributed by atoms with Crippen molar-refractivity contribution < 1.29 is 9.53 Å². The van der Waals surface area contributed by atoms with Gasteiger partial charge in [-0.3, -0.25) is 5.32 Å². The summed E-state index contributed by atoms with van der Waals surface area (Å²) in [6.07, 6.45) is 2.12. The van der Waals surface area contributed by atoms with Gasteiger partial charge in [0.2, 0.25) is 0 Å². The van der Waals surface area contributed by atoms with Crippen LogP contribution in [0.25, 0.3) is 10.4 Å². The summed E-state index contributed by atoms with van der Waals surface area (Å²) in [6, 6.07) is -0.636. The number of ether oxygens (including phenoxy) is 1. The van der Waals surface area contributed by atoms with Gasteiger partial charge in [0.05, 0.1) is 12.8 Å². The summed E-state index contributed by atoms with van der Waals surface area (Å²) in [5.41, 5.74) is 8.15. The molecule has 1 aromatic heterocycles. The average Bonchev–Trinajstić information content (AvgIpc) is 2.80. The molecule has 0 aromatic carbocycles. The largest absolute Gasteiger partial charge is 0.465 e. The molecule has 1 N–H and O–H groups in total. The van der Waals surface area contributed by atoms with Crippen molar-refractivity contribution in [2.75, 3.05) is 19.7 Å². The molecule has 1 aromatic rings. The van der Waals surface area contributed by atoms with Crippen LogP contribution < -0.4 is 5.32 Å². The van der Waals surface area contributed by atoms with E-state index in [1.54, 1.807) is 6.92 Å². The summed E-state index contributed by atoms with van der Waals surface area (Å²) in [5, 5.41) is 7.00. The number of hydrogen-bond donors (Lipinski definition) is 1. The van der Waals surface area contributed by atoms with Crippen molar-refractivity contribution >= 4 is 28.9 Å². The molecule has 104 valence electrons. The lowest BCUT2D eigenvalue weighted by molar-refractivity contribution is -0.145. The topological polar surface area (TPSA) is 100.0 Å². The van der Waals surface area contributed by atoms with Crippen LogP contribution in [-0.4, -0.2) is 30.6 Å². The molecule has 9 heteroatoms. The molecule has 19 heavy (non-hydrogen) atoms. The van der Waals surface area contributed by atoms with Gasteiger partial charge >= 0.3 is 5.97 Å². The Bertz CT molecular complexity index is 461. The maximum absolute atomic E-state index is 11.8. The van der Waals surface area contributed by atoms with E-state index >= 15 is 0 Å². The Morgan fingerprint density at radius 1 is 1.79 bits per heavy atom. The first-order chi connectivity index (χ1) is 9.19. The maximum Gasteiger partial charge on any atom is 0.330 e. The number of nitrogens with zero attached hydrogens (tertiary/aromatic N) is 4. The minimum atomic E-state index is -0.636. The predicted octanol–water partition coefficient (Wildman–Crippen LogP) is 2.69. The van der Waals surface area contributed by atoms with Gasteiger partial charge in [-0.1, -0.05) is 16.7 Å². The van der Waals surface area contributed by atoms with E-state index in [4.69, 9.17) is 21.9 Å². The molecule has 1 unspecified atom stereocenters. The van der Waals surface area contributed by atoms with Gasteiger partial charge in [-0.25, -0.2) is 9.78 Å². The summed E-state index contributed by atoms with van der Waals surface area (Å²) in [4.78, 5) is 18.6. The fourth-order valence-electron chi connectivity index (χ4n) is 1.34. The zero-order valence-corrected chi connectivity index (χ0v) is 11.9. The van der Waals surface area contributed by atoms with Crippen molar-refractivity contribution in [1.29, 1.82) is 0 Å². The van der Waals surface area contributed by atoms with E-state index in [9.17, 15) is 4.79 Å². The Balaban J connectivity index is 2.59. The summed E-state index contributed by atoms with van der Waals surface area (Å²) < 4.78 is 5.50. The van der Waals surface area contributed by atoms with Gasteiger partial charge in [-0.2, -0.15) is 0 Å². The number of aromatic nitrogens is 1. The molecule has 0 spiro atoms. The smallest absolute Gasteiger partial charge is 0.330 e. The molecule has 0 fully saturated rings. The molecule has 0 aliphatic heterocycles. The van der Waals surface area contributed by atoms with Gasteiger partial charge < -0.3 is 4.74 Å². The zero-order chi connectivity index (χ0) is 14.1. The lowest BCUT2D eigenvalue weighted by Crippen LogP contribution is -2.31. The molecular formula is C10H14ClN5O2S.